The Morgan fingerprint density at radius 2 is 1.85 bits per heavy atom. The summed E-state index contributed by atoms with van der Waals surface area (Å²) in [7, 11) is -3.59. The van der Waals surface area contributed by atoms with Crippen LogP contribution in [0.1, 0.15) is 13.8 Å². The highest BCUT2D eigenvalue weighted by Gasteiger charge is 2.18. The number of sulfone groups is 1. The average molecular weight is 409 g/mol. The van der Waals surface area contributed by atoms with Crippen LogP contribution in [0.5, 0.6) is 0 Å². The van der Waals surface area contributed by atoms with E-state index in [9.17, 15) is 8.42 Å². The number of anilines is 1. The Morgan fingerprint density at radius 3 is 2.50 bits per heavy atom. The second-order valence-corrected chi connectivity index (χ2v) is 9.35. The fourth-order valence-electron chi connectivity index (χ4n) is 2.23. The first-order chi connectivity index (χ1) is 12.2. The Labute approximate surface area is 161 Å². The molecule has 0 radical (unpaired) electrons. The summed E-state index contributed by atoms with van der Waals surface area (Å²) in [6.07, 6.45) is 2.75. The second-order valence-electron chi connectivity index (χ2n) is 6.00. The van der Waals surface area contributed by atoms with Crippen LogP contribution in [-0.4, -0.2) is 35.7 Å². The zero-order chi connectivity index (χ0) is 18.9. The molecule has 9 heteroatoms. The average Bonchev–Trinajstić information content (AvgIpc) is 3.02. The second kappa shape index (κ2) is 7.30. The van der Waals surface area contributed by atoms with Crippen molar-refractivity contribution < 1.29 is 8.42 Å². The summed E-state index contributed by atoms with van der Waals surface area (Å²) in [6.45, 7) is 4.03. The number of halogens is 1. The molecule has 26 heavy (non-hydrogen) atoms. The van der Waals surface area contributed by atoms with Gasteiger partial charge in [-0.25, -0.2) is 23.4 Å². The van der Waals surface area contributed by atoms with Crippen LogP contribution in [0.25, 0.3) is 21.8 Å². The van der Waals surface area contributed by atoms with Gasteiger partial charge in [-0.05, 0) is 26.0 Å². The Kier molecular flexibility index (Phi) is 5.27. The minimum atomic E-state index is -3.59. The molecule has 6 nitrogen and oxygen atoms in total. The van der Waals surface area contributed by atoms with Crippen molar-refractivity contribution in [2.24, 2.45) is 0 Å². The monoisotopic (exact) mass is 408 g/mol. The summed E-state index contributed by atoms with van der Waals surface area (Å²) < 4.78 is 24.1. The third-order valence-corrected chi connectivity index (χ3v) is 5.48. The summed E-state index contributed by atoms with van der Waals surface area (Å²) in [6, 6.07) is 9.11. The van der Waals surface area contributed by atoms with Crippen molar-refractivity contribution in [2.75, 3.05) is 11.6 Å². The molecule has 3 aromatic rings. The molecule has 0 fully saturated rings. The molecule has 0 bridgehead atoms. The van der Waals surface area contributed by atoms with E-state index in [2.05, 4.69) is 20.3 Å². The smallest absolute Gasteiger partial charge is 0.247 e. The van der Waals surface area contributed by atoms with E-state index in [4.69, 9.17) is 11.6 Å². The molecule has 3 rings (SSSR count). The quantitative estimate of drug-likeness (QED) is 0.638. The van der Waals surface area contributed by atoms with Gasteiger partial charge in [-0.3, -0.25) is 0 Å². The van der Waals surface area contributed by atoms with E-state index in [1.165, 1.54) is 11.3 Å². The lowest BCUT2D eigenvalue weighted by Gasteiger charge is -2.08. The Bertz CT molecular complexity index is 1050. The molecule has 0 saturated carbocycles. The van der Waals surface area contributed by atoms with Crippen molar-refractivity contribution in [3.8, 4) is 21.8 Å². The topological polar surface area (TPSA) is 84.8 Å². The number of hydrogen-bond acceptors (Lipinski definition) is 7. The Hall–Kier alpha value is -2.03. The fraction of sp³-hybridized carbons (Fsp3) is 0.235. The van der Waals surface area contributed by atoms with E-state index in [-0.39, 0.29) is 11.2 Å². The molecular weight excluding hydrogens is 392 g/mol. The molecule has 0 amide bonds. The molecule has 0 aliphatic rings. The number of thiazole rings is 1. The van der Waals surface area contributed by atoms with Gasteiger partial charge < -0.3 is 5.32 Å². The summed E-state index contributed by atoms with van der Waals surface area (Å²) in [5.74, 6) is 0. The van der Waals surface area contributed by atoms with Gasteiger partial charge in [-0.1, -0.05) is 41.1 Å². The normalized spacial score (nSPS) is 11.7. The summed E-state index contributed by atoms with van der Waals surface area (Å²) >= 11 is 7.66. The van der Waals surface area contributed by atoms with Gasteiger partial charge in [-0.2, -0.15) is 0 Å². The van der Waals surface area contributed by atoms with Crippen LogP contribution in [0.4, 0.5) is 5.13 Å². The standard InChI is InChI=1S/C17H17ClN4O2S2/c1-10(2)20-16-19-9-15(25-16)14-8-13(11-6-4-5-7-12(11)18)21-17(22-14)26(3,23)24/h4-10H,1-3H3,(H,19,20). The van der Waals surface area contributed by atoms with Gasteiger partial charge in [0.1, 0.15) is 0 Å². The maximum absolute atomic E-state index is 12.1. The van der Waals surface area contributed by atoms with Crippen molar-refractivity contribution in [1.29, 1.82) is 0 Å². The Balaban J connectivity index is 2.15. The van der Waals surface area contributed by atoms with Crippen LogP contribution in [0.15, 0.2) is 41.7 Å². The summed E-state index contributed by atoms with van der Waals surface area (Å²) in [5, 5.41) is 4.21. The molecule has 1 N–H and O–H groups in total. The van der Waals surface area contributed by atoms with Crippen molar-refractivity contribution in [1.82, 2.24) is 15.0 Å². The van der Waals surface area contributed by atoms with Crippen LogP contribution in [0, 0.1) is 0 Å². The third-order valence-electron chi connectivity index (χ3n) is 3.36. The summed E-state index contributed by atoms with van der Waals surface area (Å²) in [4.78, 5) is 13.5. The van der Waals surface area contributed by atoms with Gasteiger partial charge in [0, 0.05) is 29.1 Å². The van der Waals surface area contributed by atoms with Crippen molar-refractivity contribution in [2.45, 2.75) is 25.0 Å². The highest BCUT2D eigenvalue weighted by molar-refractivity contribution is 7.90. The number of aromatic nitrogens is 3. The van der Waals surface area contributed by atoms with Crippen LogP contribution >= 0.6 is 22.9 Å². The molecule has 0 unspecified atom stereocenters. The first kappa shape index (κ1) is 18.8. The number of benzene rings is 1. The number of hydrogen-bond donors (Lipinski definition) is 1. The SMILES string of the molecule is CC(C)Nc1ncc(-c2cc(-c3ccccc3Cl)nc(S(C)(=O)=O)n2)s1. The molecule has 0 atom stereocenters. The van der Waals surface area contributed by atoms with Crippen LogP contribution in [0.3, 0.4) is 0 Å². The van der Waals surface area contributed by atoms with Gasteiger partial charge in [-0.15, -0.1) is 0 Å². The lowest BCUT2D eigenvalue weighted by molar-refractivity contribution is 0.593. The van der Waals surface area contributed by atoms with Gasteiger partial charge >= 0.3 is 0 Å². The number of nitrogens with zero attached hydrogens (tertiary/aromatic N) is 3. The minimum absolute atomic E-state index is 0.239. The van der Waals surface area contributed by atoms with Crippen molar-refractivity contribution >= 4 is 37.9 Å². The first-order valence-corrected chi connectivity index (χ1v) is 10.9. The third kappa shape index (κ3) is 4.20. The van der Waals surface area contributed by atoms with Gasteiger partial charge in [0.2, 0.25) is 15.0 Å². The van der Waals surface area contributed by atoms with Crippen molar-refractivity contribution in [3.05, 3.63) is 41.6 Å². The predicted octanol–water partition coefficient (Wildman–Crippen LogP) is 4.14. The first-order valence-electron chi connectivity index (χ1n) is 7.81. The molecular formula is C17H17ClN4O2S2. The highest BCUT2D eigenvalue weighted by atomic mass is 35.5. The fourth-order valence-corrected chi connectivity index (χ4v) is 3.91. The van der Waals surface area contributed by atoms with Crippen LogP contribution in [-0.2, 0) is 9.84 Å². The van der Waals surface area contributed by atoms with Crippen LogP contribution in [0.2, 0.25) is 5.02 Å². The highest BCUT2D eigenvalue weighted by Crippen LogP contribution is 2.33. The molecule has 0 aliphatic carbocycles. The van der Waals surface area contributed by atoms with Gasteiger partial charge in [0.05, 0.1) is 16.3 Å². The number of rotatable bonds is 5. The number of nitrogens with one attached hydrogen (secondary N) is 1. The zero-order valence-corrected chi connectivity index (χ0v) is 16.8. The predicted molar refractivity (Wildman–Crippen MR) is 105 cm³/mol. The minimum Gasteiger partial charge on any atom is -0.359 e. The lowest BCUT2D eigenvalue weighted by Crippen LogP contribution is -2.08. The van der Waals surface area contributed by atoms with E-state index >= 15 is 0 Å². The maximum atomic E-state index is 12.1. The van der Waals surface area contributed by atoms with Crippen molar-refractivity contribution in [3.63, 3.8) is 0 Å². The molecule has 2 heterocycles. The molecule has 1 aromatic carbocycles. The molecule has 2 aromatic heterocycles. The van der Waals surface area contributed by atoms with Gasteiger partial charge in [0.25, 0.3) is 0 Å². The van der Waals surface area contributed by atoms with Crippen LogP contribution < -0.4 is 5.32 Å². The largest absolute Gasteiger partial charge is 0.359 e. The van der Waals surface area contributed by atoms with E-state index in [0.29, 0.717) is 22.0 Å². The van der Waals surface area contributed by atoms with E-state index in [1.807, 2.05) is 19.9 Å². The Morgan fingerprint density at radius 1 is 1.15 bits per heavy atom. The zero-order valence-electron chi connectivity index (χ0n) is 14.4. The van der Waals surface area contributed by atoms with E-state index < -0.39 is 9.84 Å². The maximum Gasteiger partial charge on any atom is 0.247 e. The van der Waals surface area contributed by atoms with Gasteiger partial charge in [0.15, 0.2) is 5.13 Å². The summed E-state index contributed by atoms with van der Waals surface area (Å²) in [5.41, 5.74) is 1.59. The van der Waals surface area contributed by atoms with E-state index in [0.717, 1.165) is 16.3 Å². The molecule has 0 saturated heterocycles. The molecule has 136 valence electrons. The van der Waals surface area contributed by atoms with E-state index in [1.54, 1.807) is 30.5 Å². The molecule has 0 aliphatic heterocycles. The lowest BCUT2D eigenvalue weighted by atomic mass is 10.1. The molecule has 0 spiro atoms.